The predicted octanol–water partition coefficient (Wildman–Crippen LogP) is 1.78. The van der Waals surface area contributed by atoms with Crippen LogP contribution in [-0.2, 0) is 4.79 Å². The summed E-state index contributed by atoms with van der Waals surface area (Å²) in [6.45, 7) is 0.393. The minimum Gasteiger partial charge on any atom is -0.495 e. The molecule has 9 N–H and O–H groups in total. The highest BCUT2D eigenvalue weighted by atomic mass is 32.1. The summed E-state index contributed by atoms with van der Waals surface area (Å²) in [5.74, 6) is -0.512. The number of anilines is 3. The molecule has 2 heterocycles. The third-order valence-corrected chi connectivity index (χ3v) is 5.72. The lowest BCUT2D eigenvalue weighted by Crippen LogP contribution is -2.14. The number of rotatable bonds is 7. The van der Waals surface area contributed by atoms with Gasteiger partial charge in [-0.25, -0.2) is 4.98 Å². The summed E-state index contributed by atoms with van der Waals surface area (Å²) in [7, 11) is 1.48. The molecule has 0 saturated carbocycles. The van der Waals surface area contributed by atoms with Crippen molar-refractivity contribution in [3.05, 3.63) is 28.6 Å². The van der Waals surface area contributed by atoms with Crippen LogP contribution >= 0.6 is 11.3 Å². The van der Waals surface area contributed by atoms with Crippen molar-refractivity contribution in [3.63, 3.8) is 0 Å². The summed E-state index contributed by atoms with van der Waals surface area (Å²) in [5.41, 5.74) is 24.6. The third-order valence-electron chi connectivity index (χ3n) is 4.61. The van der Waals surface area contributed by atoms with Crippen LogP contribution in [-0.4, -0.2) is 30.5 Å². The number of nitrogens with zero attached hydrogens (tertiary/aromatic N) is 2. The molecule has 0 bridgehead atoms. The van der Waals surface area contributed by atoms with E-state index in [1.165, 1.54) is 7.11 Å². The van der Waals surface area contributed by atoms with Crippen LogP contribution in [0, 0.1) is 11.3 Å². The summed E-state index contributed by atoms with van der Waals surface area (Å²) in [4.78, 5) is 28.7. The molecule has 0 aliphatic rings. The van der Waals surface area contributed by atoms with Gasteiger partial charge in [-0.3, -0.25) is 9.59 Å². The molecule has 0 unspecified atom stereocenters. The molecule has 0 fully saturated rings. The first-order chi connectivity index (χ1) is 14.8. The quantitative estimate of drug-likeness (QED) is 0.367. The maximum absolute atomic E-state index is 12.2. The fraction of sp³-hybridized carbons (Fsp3) is 0.200. The van der Waals surface area contributed by atoms with E-state index in [-0.39, 0.29) is 34.3 Å². The first-order valence-electron chi connectivity index (χ1n) is 9.22. The number of hydrogen-bond donors (Lipinski definition) is 5. The average Bonchev–Trinajstić information content (AvgIpc) is 3.07. The minimum absolute atomic E-state index is 0.00776. The Morgan fingerprint density at radius 1 is 1.32 bits per heavy atom. The van der Waals surface area contributed by atoms with Crippen molar-refractivity contribution in [2.45, 2.75) is 12.8 Å². The molecule has 160 valence electrons. The zero-order valence-electron chi connectivity index (χ0n) is 16.7. The number of nitrogens with two attached hydrogens (primary N) is 4. The number of fused-ring (bicyclic) bond motifs is 1. The summed E-state index contributed by atoms with van der Waals surface area (Å²) < 4.78 is 5.34. The lowest BCUT2D eigenvalue weighted by molar-refractivity contribution is -0.116. The number of pyridine rings is 1. The molecule has 1 aromatic carbocycles. The number of ether oxygens (including phenoxy) is 1. The van der Waals surface area contributed by atoms with Crippen LogP contribution in [0.25, 0.3) is 21.3 Å². The van der Waals surface area contributed by atoms with Gasteiger partial charge in [0.05, 0.1) is 18.5 Å². The van der Waals surface area contributed by atoms with Crippen LogP contribution in [0.5, 0.6) is 5.75 Å². The fourth-order valence-electron chi connectivity index (χ4n) is 3.19. The number of hydrogen-bond acceptors (Lipinski definition) is 9. The molecular weight excluding hydrogens is 418 g/mol. The summed E-state index contributed by atoms with van der Waals surface area (Å²) in [6.07, 6.45) is 0.786. The number of primary amides is 1. The number of carbonyl (C=O) groups excluding carboxylic acids is 2. The van der Waals surface area contributed by atoms with Crippen LogP contribution in [0.3, 0.4) is 0 Å². The summed E-state index contributed by atoms with van der Waals surface area (Å²) in [5, 5.41) is 12.9. The second-order valence-electron chi connectivity index (χ2n) is 6.60. The third kappa shape index (κ3) is 4.07. The molecule has 31 heavy (non-hydrogen) atoms. The van der Waals surface area contributed by atoms with Crippen molar-refractivity contribution in [1.82, 2.24) is 4.98 Å². The first kappa shape index (κ1) is 21.8. The molecule has 10 nitrogen and oxygen atoms in total. The fourth-order valence-corrected chi connectivity index (χ4v) is 4.16. The monoisotopic (exact) mass is 439 g/mol. The molecule has 3 rings (SSSR count). The van der Waals surface area contributed by atoms with Crippen LogP contribution in [0.2, 0.25) is 0 Å². The van der Waals surface area contributed by atoms with Crippen molar-refractivity contribution < 1.29 is 14.3 Å². The molecule has 2 amide bonds. The van der Waals surface area contributed by atoms with Crippen LogP contribution < -0.4 is 33.0 Å². The van der Waals surface area contributed by atoms with Crippen LogP contribution in [0.1, 0.15) is 28.1 Å². The first-order valence-corrected chi connectivity index (χ1v) is 10.0. The maximum Gasteiger partial charge on any atom is 0.260 e. The summed E-state index contributed by atoms with van der Waals surface area (Å²) in [6, 6.07) is 7.04. The van der Waals surface area contributed by atoms with Crippen LogP contribution in [0.4, 0.5) is 17.2 Å². The number of methoxy groups -OCH3 is 1. The van der Waals surface area contributed by atoms with Gasteiger partial charge in [-0.2, -0.15) is 5.26 Å². The Bertz CT molecular complexity index is 1230. The molecule has 0 atom stereocenters. The van der Waals surface area contributed by atoms with Crippen molar-refractivity contribution >= 4 is 50.6 Å². The van der Waals surface area contributed by atoms with Gasteiger partial charge in [-0.05, 0) is 30.7 Å². The van der Waals surface area contributed by atoms with Crippen LogP contribution in [0.15, 0.2) is 18.2 Å². The van der Waals surface area contributed by atoms with Gasteiger partial charge in [0.25, 0.3) is 5.91 Å². The van der Waals surface area contributed by atoms with Gasteiger partial charge in [0, 0.05) is 17.4 Å². The standard InChI is InChI=1S/C20H21N7O3S/c1-30-12-5-4-9(7-11(12)26-13(28)3-2-6-21)14-10(8-22)18(24)27-20-15(14)16(23)17(31-20)19(25)29/h4-5,7H,2-3,6,21,23H2,1H3,(H2,24,27)(H2,25,29)(H,26,28). The Labute approximate surface area is 181 Å². The van der Waals surface area contributed by atoms with Gasteiger partial charge in [0.15, 0.2) is 0 Å². The van der Waals surface area contributed by atoms with Gasteiger partial charge < -0.3 is 33.0 Å². The molecule has 0 radical (unpaired) electrons. The number of carbonyl (C=O) groups is 2. The Hall–Kier alpha value is -3.88. The predicted molar refractivity (Wildman–Crippen MR) is 121 cm³/mol. The molecule has 0 aliphatic heterocycles. The van der Waals surface area contributed by atoms with E-state index < -0.39 is 5.91 Å². The lowest BCUT2D eigenvalue weighted by Gasteiger charge is -2.14. The Morgan fingerprint density at radius 3 is 2.68 bits per heavy atom. The number of nitriles is 1. The van der Waals surface area contributed by atoms with Gasteiger partial charge >= 0.3 is 0 Å². The number of amides is 2. The van der Waals surface area contributed by atoms with E-state index in [2.05, 4.69) is 10.3 Å². The van der Waals surface area contributed by atoms with E-state index in [9.17, 15) is 14.9 Å². The smallest absolute Gasteiger partial charge is 0.260 e. The SMILES string of the molecule is COc1ccc(-c2c(C#N)c(N)nc3sc(C(N)=O)c(N)c23)cc1NC(=O)CCCN. The van der Waals surface area contributed by atoms with Gasteiger partial charge in [0.2, 0.25) is 5.91 Å². The highest BCUT2D eigenvalue weighted by Crippen LogP contribution is 2.43. The normalized spacial score (nSPS) is 10.6. The molecule has 3 aromatic rings. The largest absolute Gasteiger partial charge is 0.495 e. The van der Waals surface area contributed by atoms with E-state index in [1.54, 1.807) is 18.2 Å². The zero-order valence-corrected chi connectivity index (χ0v) is 17.5. The molecule has 11 heteroatoms. The second-order valence-corrected chi connectivity index (χ2v) is 7.60. The Kier molecular flexibility index (Phi) is 6.24. The Balaban J connectivity index is 2.25. The zero-order chi connectivity index (χ0) is 22.7. The topological polar surface area (TPSA) is 196 Å². The van der Waals surface area contributed by atoms with Crippen molar-refractivity contribution in [2.24, 2.45) is 11.5 Å². The van der Waals surface area contributed by atoms with Gasteiger partial charge in [-0.15, -0.1) is 11.3 Å². The highest BCUT2D eigenvalue weighted by Gasteiger charge is 2.24. The van der Waals surface area contributed by atoms with Crippen molar-refractivity contribution in [1.29, 1.82) is 5.26 Å². The molecule has 2 aromatic heterocycles. The molecular formula is C20H21N7O3S. The Morgan fingerprint density at radius 2 is 2.06 bits per heavy atom. The van der Waals surface area contributed by atoms with E-state index in [0.29, 0.717) is 45.7 Å². The lowest BCUT2D eigenvalue weighted by atomic mass is 9.96. The number of thiophene rings is 1. The molecule has 0 aliphatic carbocycles. The van der Waals surface area contributed by atoms with Gasteiger partial charge in [0.1, 0.15) is 32.9 Å². The number of nitrogen functional groups attached to an aromatic ring is 2. The maximum atomic E-state index is 12.2. The van der Waals surface area contributed by atoms with E-state index in [1.807, 2.05) is 6.07 Å². The highest BCUT2D eigenvalue weighted by molar-refractivity contribution is 7.21. The van der Waals surface area contributed by atoms with E-state index >= 15 is 0 Å². The van der Waals surface area contributed by atoms with E-state index in [4.69, 9.17) is 27.7 Å². The van der Waals surface area contributed by atoms with E-state index in [0.717, 1.165) is 11.3 Å². The number of nitrogens with one attached hydrogen (secondary N) is 1. The van der Waals surface area contributed by atoms with Crippen molar-refractivity contribution in [3.8, 4) is 22.9 Å². The minimum atomic E-state index is -0.703. The number of benzene rings is 1. The number of aromatic nitrogens is 1. The van der Waals surface area contributed by atoms with Gasteiger partial charge in [-0.1, -0.05) is 6.07 Å². The summed E-state index contributed by atoms with van der Waals surface area (Å²) >= 11 is 0.999. The molecule has 0 saturated heterocycles. The van der Waals surface area contributed by atoms with Crippen molar-refractivity contribution in [2.75, 3.05) is 30.4 Å². The second kappa shape index (κ2) is 8.86. The molecule has 0 spiro atoms. The average molecular weight is 440 g/mol.